The fourth-order valence-electron chi connectivity index (χ4n) is 7.42. The Morgan fingerprint density at radius 2 is 2.23 bits per heavy atom. The summed E-state index contributed by atoms with van der Waals surface area (Å²) < 4.78 is 6.02. The van der Waals surface area contributed by atoms with Crippen molar-refractivity contribution in [1.82, 2.24) is 20.1 Å². The van der Waals surface area contributed by atoms with Crippen LogP contribution in [0.4, 0.5) is 5.69 Å². The van der Waals surface area contributed by atoms with Crippen molar-refractivity contribution in [2.75, 3.05) is 38.6 Å². The van der Waals surface area contributed by atoms with Gasteiger partial charge in [-0.25, -0.2) is 0 Å². The molecule has 1 aromatic rings. The third-order valence-electron chi connectivity index (χ3n) is 9.56. The molecule has 2 saturated carbocycles. The van der Waals surface area contributed by atoms with E-state index in [-0.39, 0.29) is 6.04 Å². The van der Waals surface area contributed by atoms with Crippen molar-refractivity contribution < 1.29 is 4.74 Å². The molecule has 3 aliphatic carbocycles. The molecule has 186 valence electrons. The van der Waals surface area contributed by atoms with E-state index in [9.17, 15) is 0 Å². The number of pyridine rings is 1. The van der Waals surface area contributed by atoms with Gasteiger partial charge in [0.2, 0.25) is 0 Å². The summed E-state index contributed by atoms with van der Waals surface area (Å²) in [6.45, 7) is 6.84. The van der Waals surface area contributed by atoms with E-state index >= 15 is 0 Å². The number of allylic oxidation sites excluding steroid dienone is 2. The molecule has 3 aliphatic heterocycles. The van der Waals surface area contributed by atoms with Crippen molar-refractivity contribution in [3.8, 4) is 5.75 Å². The number of likely N-dealkylation sites (tertiary alicyclic amines) is 1. The van der Waals surface area contributed by atoms with Crippen LogP contribution in [0.15, 0.2) is 47.3 Å². The van der Waals surface area contributed by atoms with Crippen LogP contribution >= 0.6 is 0 Å². The van der Waals surface area contributed by atoms with Gasteiger partial charge in [-0.15, -0.1) is 0 Å². The number of nitrogens with zero attached hydrogens (tertiary/aromatic N) is 3. The molecule has 1 saturated heterocycles. The third kappa shape index (κ3) is 3.47. The molecular formula is C29H39N5O. The number of anilines is 1. The van der Waals surface area contributed by atoms with Crippen LogP contribution in [0.5, 0.6) is 5.75 Å². The van der Waals surface area contributed by atoms with Crippen LogP contribution < -0.4 is 15.4 Å². The van der Waals surface area contributed by atoms with Gasteiger partial charge in [-0.2, -0.15) is 0 Å². The highest BCUT2D eigenvalue weighted by Crippen LogP contribution is 2.66. The van der Waals surface area contributed by atoms with Crippen LogP contribution in [0.3, 0.4) is 0 Å². The van der Waals surface area contributed by atoms with Gasteiger partial charge < -0.3 is 15.4 Å². The number of methoxy groups -OCH3 is 1. The van der Waals surface area contributed by atoms with E-state index in [0.29, 0.717) is 17.6 Å². The number of ether oxygens (including phenoxy) is 1. The molecule has 1 aromatic heterocycles. The summed E-state index contributed by atoms with van der Waals surface area (Å²) in [6.07, 6.45) is 17.8. The average molecular weight is 474 g/mol. The highest BCUT2D eigenvalue weighted by atomic mass is 16.5. The molecule has 6 heteroatoms. The summed E-state index contributed by atoms with van der Waals surface area (Å²) >= 11 is 0. The van der Waals surface area contributed by atoms with Crippen molar-refractivity contribution in [2.24, 2.45) is 5.92 Å². The Balaban J connectivity index is 1.18. The van der Waals surface area contributed by atoms with Crippen LogP contribution in [-0.4, -0.2) is 65.7 Å². The normalized spacial score (nSPS) is 33.7. The summed E-state index contributed by atoms with van der Waals surface area (Å²) in [7, 11) is 1.80. The summed E-state index contributed by atoms with van der Waals surface area (Å²) in [5, 5.41) is 7.66. The van der Waals surface area contributed by atoms with E-state index in [1.54, 1.807) is 7.11 Å². The molecule has 0 spiro atoms. The second kappa shape index (κ2) is 8.38. The predicted octanol–water partition coefficient (Wildman–Crippen LogP) is 4.40. The quantitative estimate of drug-likeness (QED) is 0.584. The highest BCUT2D eigenvalue weighted by molar-refractivity contribution is 5.56. The summed E-state index contributed by atoms with van der Waals surface area (Å²) in [5.41, 5.74) is 6.98. The van der Waals surface area contributed by atoms with Crippen LogP contribution in [0.1, 0.15) is 63.6 Å². The second-order valence-electron chi connectivity index (χ2n) is 11.5. The van der Waals surface area contributed by atoms with Crippen LogP contribution in [0.25, 0.3) is 0 Å². The first kappa shape index (κ1) is 21.9. The molecule has 4 unspecified atom stereocenters. The number of aromatic nitrogens is 1. The minimum Gasteiger partial charge on any atom is -0.495 e. The molecule has 35 heavy (non-hydrogen) atoms. The molecule has 7 rings (SSSR count). The Labute approximate surface area is 209 Å². The number of hydrogen-bond donors (Lipinski definition) is 2. The standard InChI is InChI=1S/C29H39N5O/c1-3-4-12-33-17-21(18-33)31-20-14-25(35-2)27(30-16-20)28-26-23(22-7-5-6-8-24(22)32-26)10-13-34(28)29-11-9-19(29)15-29/h5-7,14,16,19,21,24,28,31-32H,3-4,8-13,15,17-18H2,1-2H3. The first-order chi connectivity index (χ1) is 17.2. The maximum atomic E-state index is 6.02. The monoisotopic (exact) mass is 473 g/mol. The molecule has 4 atom stereocenters. The minimum absolute atomic E-state index is 0.160. The van der Waals surface area contributed by atoms with Gasteiger partial charge in [-0.05, 0) is 62.1 Å². The van der Waals surface area contributed by atoms with Gasteiger partial charge in [0, 0.05) is 36.9 Å². The largest absolute Gasteiger partial charge is 0.495 e. The summed E-state index contributed by atoms with van der Waals surface area (Å²) in [6, 6.07) is 3.27. The average Bonchev–Trinajstić information content (AvgIpc) is 3.20. The zero-order chi connectivity index (χ0) is 23.6. The summed E-state index contributed by atoms with van der Waals surface area (Å²) in [4.78, 5) is 10.5. The van der Waals surface area contributed by atoms with Gasteiger partial charge in [0.15, 0.2) is 0 Å². The smallest absolute Gasteiger partial charge is 0.144 e. The Hall–Kier alpha value is -2.31. The molecule has 2 N–H and O–H groups in total. The predicted molar refractivity (Wildman–Crippen MR) is 139 cm³/mol. The molecule has 6 aliphatic rings. The maximum Gasteiger partial charge on any atom is 0.144 e. The number of fused-ring (bicyclic) bond motifs is 3. The lowest BCUT2D eigenvalue weighted by atomic mass is 9.84. The zero-order valence-corrected chi connectivity index (χ0v) is 21.2. The van der Waals surface area contributed by atoms with E-state index in [0.717, 1.165) is 55.5 Å². The van der Waals surface area contributed by atoms with Gasteiger partial charge in [0.05, 0.1) is 37.1 Å². The van der Waals surface area contributed by atoms with Crippen LogP contribution in [0, 0.1) is 5.92 Å². The van der Waals surface area contributed by atoms with E-state index in [4.69, 9.17) is 9.72 Å². The van der Waals surface area contributed by atoms with Crippen molar-refractivity contribution in [3.63, 3.8) is 0 Å². The Morgan fingerprint density at radius 1 is 1.31 bits per heavy atom. The minimum atomic E-state index is 0.160. The lowest BCUT2D eigenvalue weighted by molar-refractivity contribution is 0.0644. The van der Waals surface area contributed by atoms with E-state index in [1.807, 2.05) is 6.20 Å². The third-order valence-corrected chi connectivity index (χ3v) is 9.56. The fraction of sp³-hybridized carbons (Fsp3) is 0.621. The highest BCUT2D eigenvalue weighted by Gasteiger charge is 2.66. The molecule has 4 heterocycles. The topological polar surface area (TPSA) is 52.7 Å². The Morgan fingerprint density at radius 3 is 2.97 bits per heavy atom. The van der Waals surface area contributed by atoms with Gasteiger partial charge in [0.1, 0.15) is 11.4 Å². The first-order valence-corrected chi connectivity index (χ1v) is 13.9. The summed E-state index contributed by atoms with van der Waals surface area (Å²) in [5.74, 6) is 1.80. The second-order valence-corrected chi connectivity index (χ2v) is 11.5. The number of unbranched alkanes of at least 4 members (excludes halogenated alkanes) is 1. The van der Waals surface area contributed by atoms with Crippen molar-refractivity contribution in [2.45, 2.75) is 75.5 Å². The Bertz CT molecular complexity index is 1100. The van der Waals surface area contributed by atoms with E-state index in [1.165, 1.54) is 55.5 Å². The van der Waals surface area contributed by atoms with Crippen molar-refractivity contribution in [3.05, 3.63) is 53.0 Å². The molecule has 0 aromatic carbocycles. The molecular weight excluding hydrogens is 434 g/mol. The maximum absolute atomic E-state index is 6.02. The van der Waals surface area contributed by atoms with Gasteiger partial charge in [-0.3, -0.25) is 14.8 Å². The van der Waals surface area contributed by atoms with Crippen LogP contribution in [-0.2, 0) is 0 Å². The zero-order valence-electron chi connectivity index (χ0n) is 21.2. The molecule has 0 bridgehead atoms. The fourth-order valence-corrected chi connectivity index (χ4v) is 7.42. The van der Waals surface area contributed by atoms with E-state index in [2.05, 4.69) is 51.7 Å². The van der Waals surface area contributed by atoms with Crippen LogP contribution in [0.2, 0.25) is 0 Å². The first-order valence-electron chi connectivity index (χ1n) is 13.9. The van der Waals surface area contributed by atoms with Gasteiger partial charge in [0.25, 0.3) is 0 Å². The molecule has 0 radical (unpaired) electrons. The van der Waals surface area contributed by atoms with Gasteiger partial charge in [-0.1, -0.05) is 31.6 Å². The SMILES string of the molecule is CCCCN1CC(Nc2cnc(C3C4=C(CCN3C35CCC3C5)C3=CC=CCC3N4)c(OC)c2)C1. The van der Waals surface area contributed by atoms with E-state index < -0.39 is 0 Å². The Kier molecular flexibility index (Phi) is 5.25. The molecule has 6 nitrogen and oxygen atoms in total. The lowest BCUT2D eigenvalue weighted by Crippen LogP contribution is -2.54. The number of hydrogen-bond acceptors (Lipinski definition) is 6. The lowest BCUT2D eigenvalue weighted by Gasteiger charge is -2.46. The van der Waals surface area contributed by atoms with Crippen molar-refractivity contribution in [1.29, 1.82) is 0 Å². The number of nitrogens with one attached hydrogen (secondary N) is 2. The van der Waals surface area contributed by atoms with Gasteiger partial charge >= 0.3 is 0 Å². The molecule has 3 fully saturated rings. The van der Waals surface area contributed by atoms with Crippen molar-refractivity contribution >= 4 is 5.69 Å². The number of rotatable bonds is 8. The molecule has 0 amide bonds.